The van der Waals surface area contributed by atoms with Gasteiger partial charge in [0.25, 0.3) is 5.91 Å². The zero-order valence-electron chi connectivity index (χ0n) is 14.6. The average molecular weight is 411 g/mol. The maximum atomic E-state index is 13.0. The lowest BCUT2D eigenvalue weighted by Crippen LogP contribution is -2.54. The van der Waals surface area contributed by atoms with Crippen LogP contribution >= 0.6 is 15.9 Å². The van der Waals surface area contributed by atoms with Crippen LogP contribution in [0.4, 0.5) is 0 Å². The van der Waals surface area contributed by atoms with E-state index in [4.69, 9.17) is 4.74 Å². The Morgan fingerprint density at radius 1 is 1.28 bits per heavy atom. The highest BCUT2D eigenvalue weighted by Gasteiger charge is 2.39. The van der Waals surface area contributed by atoms with E-state index in [1.807, 2.05) is 19.9 Å². The normalized spacial score (nSPS) is 18.1. The Balaban J connectivity index is 2.17. The largest absolute Gasteiger partial charge is 0.467 e. The lowest BCUT2D eigenvalue weighted by atomic mass is 10.0. The van der Waals surface area contributed by atoms with Crippen LogP contribution in [0, 0.1) is 5.92 Å². The van der Waals surface area contributed by atoms with E-state index in [0.717, 1.165) is 6.42 Å². The number of ether oxygens (including phenoxy) is 1. The number of carbonyl (C=O) groups is 3. The van der Waals surface area contributed by atoms with Gasteiger partial charge in [-0.05, 0) is 46.8 Å². The molecule has 0 saturated carbocycles. The summed E-state index contributed by atoms with van der Waals surface area (Å²) in [6.07, 6.45) is 1.33. The van der Waals surface area contributed by atoms with E-state index in [-0.39, 0.29) is 17.7 Å². The minimum Gasteiger partial charge on any atom is -0.467 e. The molecule has 0 spiro atoms. The number of amides is 2. The van der Waals surface area contributed by atoms with E-state index in [2.05, 4.69) is 21.2 Å². The molecule has 1 aliphatic rings. The van der Waals surface area contributed by atoms with Crippen molar-refractivity contribution in [2.45, 2.75) is 38.8 Å². The second-order valence-electron chi connectivity index (χ2n) is 6.39. The molecule has 7 heteroatoms. The Kier molecular flexibility index (Phi) is 6.58. The van der Waals surface area contributed by atoms with Crippen LogP contribution < -0.4 is 5.32 Å². The van der Waals surface area contributed by atoms with E-state index in [1.165, 1.54) is 12.0 Å². The molecular formula is C18H23BrN2O4. The van der Waals surface area contributed by atoms with Crippen molar-refractivity contribution in [3.63, 3.8) is 0 Å². The van der Waals surface area contributed by atoms with Crippen LogP contribution in [0.5, 0.6) is 0 Å². The van der Waals surface area contributed by atoms with E-state index in [0.29, 0.717) is 23.0 Å². The second-order valence-corrected chi connectivity index (χ2v) is 7.24. The summed E-state index contributed by atoms with van der Waals surface area (Å²) >= 11 is 3.35. The Bertz CT molecular complexity index is 662. The highest BCUT2D eigenvalue weighted by molar-refractivity contribution is 9.10. The lowest BCUT2D eigenvalue weighted by Gasteiger charge is -2.30. The smallest absolute Gasteiger partial charge is 0.328 e. The number of nitrogens with zero attached hydrogens (tertiary/aromatic N) is 1. The van der Waals surface area contributed by atoms with Gasteiger partial charge in [-0.15, -0.1) is 0 Å². The van der Waals surface area contributed by atoms with Gasteiger partial charge in [-0.2, -0.15) is 0 Å². The fourth-order valence-corrected chi connectivity index (χ4v) is 3.43. The zero-order valence-corrected chi connectivity index (χ0v) is 16.2. The number of likely N-dealkylation sites (tertiary alicyclic amines) is 1. The molecule has 2 atom stereocenters. The van der Waals surface area contributed by atoms with Crippen molar-refractivity contribution in [1.82, 2.24) is 10.2 Å². The molecular weight excluding hydrogens is 388 g/mol. The highest BCUT2D eigenvalue weighted by Crippen LogP contribution is 2.22. The zero-order chi connectivity index (χ0) is 18.6. The molecule has 0 radical (unpaired) electrons. The quantitative estimate of drug-likeness (QED) is 0.755. The van der Waals surface area contributed by atoms with Crippen LogP contribution in [-0.2, 0) is 14.3 Å². The average Bonchev–Trinajstić information content (AvgIpc) is 3.08. The van der Waals surface area contributed by atoms with Gasteiger partial charge in [-0.1, -0.05) is 26.0 Å². The number of nitrogens with one attached hydrogen (secondary N) is 1. The van der Waals surface area contributed by atoms with Gasteiger partial charge < -0.3 is 15.0 Å². The standard InChI is InChI=1S/C18H23BrN2O4/c1-11(2)15(20-16(22)12-7-4-5-8-13(12)19)17(23)21-10-6-9-14(21)18(24)25-3/h4-5,7-8,11,14-15H,6,9-10H2,1-3H3,(H,20,22)/t14-,15?/m0/s1. The number of benzene rings is 1. The molecule has 6 nitrogen and oxygen atoms in total. The Morgan fingerprint density at radius 2 is 1.96 bits per heavy atom. The molecule has 1 saturated heterocycles. The summed E-state index contributed by atoms with van der Waals surface area (Å²) in [4.78, 5) is 39.0. The minimum atomic E-state index is -0.704. The Hall–Kier alpha value is -1.89. The fourth-order valence-electron chi connectivity index (χ4n) is 2.97. The third-order valence-electron chi connectivity index (χ3n) is 4.35. The second kappa shape index (κ2) is 8.47. The molecule has 2 amide bonds. The number of halogens is 1. The van der Waals surface area contributed by atoms with E-state index in [1.54, 1.807) is 18.2 Å². The predicted octanol–water partition coefficient (Wildman–Crippen LogP) is 2.37. The molecule has 1 N–H and O–H groups in total. The Labute approximate surface area is 156 Å². The lowest BCUT2D eigenvalue weighted by molar-refractivity contribution is -0.151. The molecule has 1 aliphatic heterocycles. The van der Waals surface area contributed by atoms with Gasteiger partial charge in [0.15, 0.2) is 0 Å². The Morgan fingerprint density at radius 3 is 2.56 bits per heavy atom. The number of rotatable bonds is 5. The van der Waals surface area contributed by atoms with Gasteiger partial charge in [0.1, 0.15) is 12.1 Å². The minimum absolute atomic E-state index is 0.113. The van der Waals surface area contributed by atoms with Gasteiger partial charge in [0.2, 0.25) is 5.91 Å². The number of hydrogen-bond donors (Lipinski definition) is 1. The number of carbonyl (C=O) groups excluding carboxylic acids is 3. The van der Waals surface area contributed by atoms with Crippen molar-refractivity contribution < 1.29 is 19.1 Å². The third kappa shape index (κ3) is 4.39. The molecule has 2 rings (SSSR count). The third-order valence-corrected chi connectivity index (χ3v) is 5.04. The predicted molar refractivity (Wildman–Crippen MR) is 97.0 cm³/mol. The maximum Gasteiger partial charge on any atom is 0.328 e. The van der Waals surface area contributed by atoms with Gasteiger partial charge in [-0.25, -0.2) is 4.79 Å². The van der Waals surface area contributed by atoms with Crippen molar-refractivity contribution in [3.05, 3.63) is 34.3 Å². The first-order valence-corrected chi connectivity index (χ1v) is 9.09. The molecule has 1 aromatic carbocycles. The molecule has 0 bridgehead atoms. The monoisotopic (exact) mass is 410 g/mol. The molecule has 136 valence electrons. The summed E-state index contributed by atoms with van der Waals surface area (Å²) in [5, 5.41) is 2.82. The fraction of sp³-hybridized carbons (Fsp3) is 0.500. The van der Waals surface area contributed by atoms with Gasteiger partial charge in [0.05, 0.1) is 12.7 Å². The molecule has 1 fully saturated rings. The summed E-state index contributed by atoms with van der Waals surface area (Å²) in [7, 11) is 1.32. The van der Waals surface area contributed by atoms with Crippen LogP contribution in [0.25, 0.3) is 0 Å². The van der Waals surface area contributed by atoms with Crippen molar-refractivity contribution in [3.8, 4) is 0 Å². The van der Waals surface area contributed by atoms with Gasteiger partial charge >= 0.3 is 5.97 Å². The first kappa shape index (κ1) is 19.4. The topological polar surface area (TPSA) is 75.7 Å². The number of methoxy groups -OCH3 is 1. The molecule has 0 aromatic heterocycles. The molecule has 1 heterocycles. The van der Waals surface area contributed by atoms with Gasteiger partial charge in [-0.3, -0.25) is 9.59 Å². The summed E-state index contributed by atoms with van der Waals surface area (Å²) < 4.78 is 5.46. The highest BCUT2D eigenvalue weighted by atomic mass is 79.9. The van der Waals surface area contributed by atoms with E-state index < -0.39 is 18.1 Å². The van der Waals surface area contributed by atoms with Crippen LogP contribution in [-0.4, -0.2) is 48.4 Å². The summed E-state index contributed by atoms with van der Waals surface area (Å²) in [5.41, 5.74) is 0.465. The van der Waals surface area contributed by atoms with Crippen molar-refractivity contribution >= 4 is 33.7 Å². The molecule has 1 aromatic rings. The molecule has 1 unspecified atom stereocenters. The van der Waals surface area contributed by atoms with E-state index in [9.17, 15) is 14.4 Å². The first-order valence-electron chi connectivity index (χ1n) is 8.30. The molecule has 25 heavy (non-hydrogen) atoms. The number of hydrogen-bond acceptors (Lipinski definition) is 4. The number of esters is 1. The van der Waals surface area contributed by atoms with Crippen molar-refractivity contribution in [2.24, 2.45) is 5.92 Å². The first-order chi connectivity index (χ1) is 11.9. The van der Waals surface area contributed by atoms with Crippen molar-refractivity contribution in [2.75, 3.05) is 13.7 Å². The summed E-state index contributed by atoms with van der Waals surface area (Å²) in [5.74, 6) is -1.10. The van der Waals surface area contributed by atoms with Crippen LogP contribution in [0.15, 0.2) is 28.7 Å². The van der Waals surface area contributed by atoms with Crippen LogP contribution in [0.3, 0.4) is 0 Å². The van der Waals surface area contributed by atoms with Crippen LogP contribution in [0.1, 0.15) is 37.0 Å². The summed E-state index contributed by atoms with van der Waals surface area (Å²) in [6.45, 7) is 4.23. The van der Waals surface area contributed by atoms with Crippen molar-refractivity contribution in [1.29, 1.82) is 0 Å². The summed E-state index contributed by atoms with van der Waals surface area (Å²) in [6, 6.07) is 5.77. The van der Waals surface area contributed by atoms with E-state index >= 15 is 0 Å². The van der Waals surface area contributed by atoms with Gasteiger partial charge in [0, 0.05) is 11.0 Å². The SMILES string of the molecule is COC(=O)[C@@H]1CCCN1C(=O)C(NC(=O)c1ccccc1Br)C(C)C. The maximum absolute atomic E-state index is 13.0. The van der Waals surface area contributed by atoms with Crippen LogP contribution in [0.2, 0.25) is 0 Å². The molecule has 0 aliphatic carbocycles.